The Hall–Kier alpha value is -3.11. The van der Waals surface area contributed by atoms with Crippen LogP contribution in [-0.4, -0.2) is 15.9 Å². The molecule has 0 N–H and O–H groups in total. The van der Waals surface area contributed by atoms with Gasteiger partial charge in [-0.3, -0.25) is 10.1 Å². The fourth-order valence-corrected chi connectivity index (χ4v) is 3.67. The normalized spacial score (nSPS) is 12.2. The van der Waals surface area contributed by atoms with Crippen molar-refractivity contribution in [1.29, 1.82) is 0 Å². The van der Waals surface area contributed by atoms with Gasteiger partial charge in [0.05, 0.1) is 5.92 Å². The van der Waals surface area contributed by atoms with Crippen molar-refractivity contribution in [3.63, 3.8) is 0 Å². The molecule has 4 aromatic rings. The fraction of sp³-hybridized carbons (Fsp3) is 0.0909. The summed E-state index contributed by atoms with van der Waals surface area (Å²) in [6.45, 7) is -0.192. The third kappa shape index (κ3) is 3.44. The Morgan fingerprint density at radius 3 is 2.37 bits per heavy atom. The molecule has 0 bridgehead atoms. The van der Waals surface area contributed by atoms with Crippen LogP contribution >= 0.6 is 11.6 Å². The minimum atomic E-state index is -0.391. The lowest BCUT2D eigenvalue weighted by atomic mass is 9.91. The zero-order chi connectivity index (χ0) is 18.8. The lowest BCUT2D eigenvalue weighted by molar-refractivity contribution is -0.481. The Balaban J connectivity index is 1.98. The van der Waals surface area contributed by atoms with Crippen molar-refractivity contribution >= 4 is 17.1 Å². The van der Waals surface area contributed by atoms with Gasteiger partial charge >= 0.3 is 0 Å². The van der Waals surface area contributed by atoms with Crippen molar-refractivity contribution in [2.24, 2.45) is 0 Å². The van der Waals surface area contributed by atoms with E-state index in [0.29, 0.717) is 5.02 Å². The highest BCUT2D eigenvalue weighted by molar-refractivity contribution is 6.30. The molecule has 134 valence electrons. The number of hydrogen-bond donors (Lipinski definition) is 0. The summed E-state index contributed by atoms with van der Waals surface area (Å²) in [5.74, 6) is -0.391. The Morgan fingerprint density at radius 2 is 1.67 bits per heavy atom. The van der Waals surface area contributed by atoms with E-state index in [-0.39, 0.29) is 11.5 Å². The lowest BCUT2D eigenvalue weighted by Crippen LogP contribution is -2.16. The molecule has 2 heterocycles. The minimum absolute atomic E-state index is 0.192. The van der Waals surface area contributed by atoms with Gasteiger partial charge in [0.25, 0.3) is 0 Å². The van der Waals surface area contributed by atoms with Gasteiger partial charge in [0.1, 0.15) is 0 Å². The molecule has 4 nitrogen and oxygen atoms in total. The average molecular weight is 377 g/mol. The van der Waals surface area contributed by atoms with Crippen LogP contribution in [0.1, 0.15) is 17.2 Å². The number of halogens is 1. The molecule has 5 heteroatoms. The van der Waals surface area contributed by atoms with Crippen LogP contribution in [0.3, 0.4) is 0 Å². The van der Waals surface area contributed by atoms with Gasteiger partial charge < -0.3 is 4.40 Å². The molecule has 0 aliphatic heterocycles. The van der Waals surface area contributed by atoms with Crippen LogP contribution in [0, 0.1) is 10.1 Å². The first-order valence-corrected chi connectivity index (χ1v) is 9.04. The van der Waals surface area contributed by atoms with Crippen LogP contribution in [0.15, 0.2) is 85.1 Å². The Bertz CT molecular complexity index is 1090. The largest absolute Gasteiger partial charge is 0.319 e. The third-order valence-corrected chi connectivity index (χ3v) is 4.99. The SMILES string of the molecule is O=[N+]([O-])C[C@@H](c1ccc(Cl)cc1)c1c(-c2ccccc2)cc2ccccn12. The topological polar surface area (TPSA) is 47.5 Å². The van der Waals surface area contributed by atoms with Gasteiger partial charge in [-0.2, -0.15) is 0 Å². The number of fused-ring (bicyclic) bond motifs is 1. The third-order valence-electron chi connectivity index (χ3n) is 4.74. The van der Waals surface area contributed by atoms with E-state index in [2.05, 4.69) is 6.07 Å². The van der Waals surface area contributed by atoms with Gasteiger partial charge in [0.15, 0.2) is 0 Å². The second kappa shape index (κ2) is 7.25. The van der Waals surface area contributed by atoms with Crippen molar-refractivity contribution in [2.45, 2.75) is 5.92 Å². The predicted molar refractivity (Wildman–Crippen MR) is 108 cm³/mol. The first-order valence-electron chi connectivity index (χ1n) is 8.66. The Kier molecular flexibility index (Phi) is 4.65. The summed E-state index contributed by atoms with van der Waals surface area (Å²) < 4.78 is 2.05. The number of nitro groups is 1. The molecule has 0 radical (unpaired) electrons. The van der Waals surface area contributed by atoms with Gasteiger partial charge in [-0.15, -0.1) is 0 Å². The van der Waals surface area contributed by atoms with Gasteiger partial charge in [-0.25, -0.2) is 0 Å². The van der Waals surface area contributed by atoms with E-state index in [1.807, 2.05) is 71.3 Å². The Morgan fingerprint density at radius 1 is 0.963 bits per heavy atom. The number of aromatic nitrogens is 1. The van der Waals surface area contributed by atoms with Gasteiger partial charge in [0.2, 0.25) is 6.54 Å². The summed E-state index contributed by atoms with van der Waals surface area (Å²) in [6, 6.07) is 25.3. The number of rotatable bonds is 5. The van der Waals surface area contributed by atoms with Gasteiger partial charge in [-0.1, -0.05) is 60.1 Å². The van der Waals surface area contributed by atoms with Crippen LogP contribution in [0.25, 0.3) is 16.6 Å². The maximum atomic E-state index is 11.5. The van der Waals surface area contributed by atoms with Crippen LogP contribution in [0.2, 0.25) is 5.02 Å². The number of pyridine rings is 1. The summed E-state index contributed by atoms with van der Waals surface area (Å²) in [5.41, 5.74) is 4.84. The molecule has 1 atom stereocenters. The summed E-state index contributed by atoms with van der Waals surface area (Å²) in [6.07, 6.45) is 1.96. The smallest absolute Gasteiger partial charge is 0.216 e. The highest BCUT2D eigenvalue weighted by atomic mass is 35.5. The van der Waals surface area contributed by atoms with Crippen molar-refractivity contribution in [3.8, 4) is 11.1 Å². The highest BCUT2D eigenvalue weighted by Gasteiger charge is 2.27. The quantitative estimate of drug-likeness (QED) is 0.333. The maximum Gasteiger partial charge on any atom is 0.216 e. The maximum absolute atomic E-state index is 11.5. The van der Waals surface area contributed by atoms with Crippen LogP contribution < -0.4 is 0 Å². The zero-order valence-electron chi connectivity index (χ0n) is 14.5. The molecular formula is C22H17ClN2O2. The van der Waals surface area contributed by atoms with Crippen molar-refractivity contribution in [3.05, 3.63) is 111 Å². The van der Waals surface area contributed by atoms with E-state index in [0.717, 1.165) is 27.9 Å². The first-order chi connectivity index (χ1) is 13.1. The summed E-state index contributed by atoms with van der Waals surface area (Å²) in [7, 11) is 0. The number of nitrogens with zero attached hydrogens (tertiary/aromatic N) is 2. The molecule has 0 unspecified atom stereocenters. The molecule has 2 aromatic heterocycles. The molecule has 0 aliphatic carbocycles. The molecule has 0 aliphatic rings. The molecule has 4 rings (SSSR count). The number of benzene rings is 2. The minimum Gasteiger partial charge on any atom is -0.319 e. The molecule has 0 saturated heterocycles. The molecule has 0 fully saturated rings. The standard InChI is InChI=1S/C22H17ClN2O2/c23-18-11-9-17(10-12-18)21(15-25(26)27)22-20(16-6-2-1-3-7-16)14-19-8-4-5-13-24(19)22/h1-14,21H,15H2/t21-/m0/s1. The Labute approximate surface area is 161 Å². The summed E-state index contributed by atoms with van der Waals surface area (Å²) in [5, 5.41) is 12.1. The predicted octanol–water partition coefficient (Wildman–Crippen LogP) is 5.67. The van der Waals surface area contributed by atoms with E-state index in [4.69, 9.17) is 11.6 Å². The molecular weight excluding hydrogens is 360 g/mol. The second-order valence-electron chi connectivity index (χ2n) is 6.42. The first kappa shape index (κ1) is 17.3. The van der Waals surface area contributed by atoms with Gasteiger partial charge in [-0.05, 0) is 41.5 Å². The van der Waals surface area contributed by atoms with Crippen LogP contribution in [0.4, 0.5) is 0 Å². The molecule has 27 heavy (non-hydrogen) atoms. The average Bonchev–Trinajstić information content (AvgIpc) is 3.07. The van der Waals surface area contributed by atoms with E-state index in [1.165, 1.54) is 0 Å². The van der Waals surface area contributed by atoms with Crippen molar-refractivity contribution < 1.29 is 4.92 Å². The second-order valence-corrected chi connectivity index (χ2v) is 6.86. The lowest BCUT2D eigenvalue weighted by Gasteiger charge is -2.17. The number of hydrogen-bond acceptors (Lipinski definition) is 2. The van der Waals surface area contributed by atoms with Crippen LogP contribution in [0.5, 0.6) is 0 Å². The van der Waals surface area contributed by atoms with E-state index in [9.17, 15) is 10.1 Å². The van der Waals surface area contributed by atoms with E-state index < -0.39 is 5.92 Å². The van der Waals surface area contributed by atoms with E-state index >= 15 is 0 Å². The van der Waals surface area contributed by atoms with Crippen molar-refractivity contribution in [2.75, 3.05) is 6.54 Å². The van der Waals surface area contributed by atoms with Gasteiger partial charge in [0, 0.05) is 32.9 Å². The monoisotopic (exact) mass is 376 g/mol. The molecule has 2 aromatic carbocycles. The van der Waals surface area contributed by atoms with Crippen LogP contribution in [-0.2, 0) is 0 Å². The highest BCUT2D eigenvalue weighted by Crippen LogP contribution is 2.36. The molecule has 0 spiro atoms. The van der Waals surface area contributed by atoms with E-state index in [1.54, 1.807) is 12.1 Å². The summed E-state index contributed by atoms with van der Waals surface area (Å²) >= 11 is 6.03. The summed E-state index contributed by atoms with van der Waals surface area (Å²) in [4.78, 5) is 11.2. The molecule has 0 saturated carbocycles. The van der Waals surface area contributed by atoms with Crippen molar-refractivity contribution in [1.82, 2.24) is 4.40 Å². The fourth-order valence-electron chi connectivity index (χ4n) is 3.54. The zero-order valence-corrected chi connectivity index (χ0v) is 15.2. The molecule has 0 amide bonds.